The predicted molar refractivity (Wildman–Crippen MR) is 57.4 cm³/mol. The fraction of sp³-hybridized carbons (Fsp3) is 0.364. The molecule has 0 bridgehead atoms. The molecule has 6 heteroatoms. The van der Waals surface area contributed by atoms with Crippen molar-refractivity contribution in [2.24, 2.45) is 0 Å². The van der Waals surface area contributed by atoms with E-state index in [1.807, 2.05) is 0 Å². The molecule has 2 aromatic rings. The zero-order valence-corrected chi connectivity index (χ0v) is 9.81. The van der Waals surface area contributed by atoms with Gasteiger partial charge < -0.3 is 13.6 Å². The largest absolute Gasteiger partial charge is 0.460 e. The van der Waals surface area contributed by atoms with Crippen molar-refractivity contribution < 1.29 is 18.4 Å². The standard InChI is InChI=1S/C11H12N2O4/c1-4-15-11(14)9-7(3)13-10(17-9)8-6(2)12-5-16-8/h5H,4H2,1-3H3. The van der Waals surface area contributed by atoms with Crippen molar-refractivity contribution in [2.75, 3.05) is 6.61 Å². The fourth-order valence-corrected chi connectivity index (χ4v) is 1.39. The minimum absolute atomic E-state index is 0.0950. The van der Waals surface area contributed by atoms with E-state index in [4.69, 9.17) is 13.6 Å². The number of ether oxygens (including phenoxy) is 1. The molecule has 0 radical (unpaired) electrons. The Morgan fingerprint density at radius 1 is 1.41 bits per heavy atom. The van der Waals surface area contributed by atoms with Crippen molar-refractivity contribution in [2.45, 2.75) is 20.8 Å². The lowest BCUT2D eigenvalue weighted by atomic mass is 10.3. The second-order valence-electron chi connectivity index (χ2n) is 3.42. The smallest absolute Gasteiger partial charge is 0.376 e. The van der Waals surface area contributed by atoms with Crippen molar-refractivity contribution in [3.05, 3.63) is 23.5 Å². The molecule has 6 nitrogen and oxygen atoms in total. The maximum Gasteiger partial charge on any atom is 0.376 e. The first-order valence-corrected chi connectivity index (χ1v) is 5.18. The number of aryl methyl sites for hydroxylation is 2. The highest BCUT2D eigenvalue weighted by atomic mass is 16.5. The summed E-state index contributed by atoms with van der Waals surface area (Å²) in [6, 6.07) is 0. The summed E-state index contributed by atoms with van der Waals surface area (Å²) in [5.41, 5.74) is 1.12. The lowest BCUT2D eigenvalue weighted by Crippen LogP contribution is -2.04. The molecule has 0 unspecified atom stereocenters. The van der Waals surface area contributed by atoms with Gasteiger partial charge in [0.15, 0.2) is 6.39 Å². The molecule has 0 spiro atoms. The Morgan fingerprint density at radius 2 is 2.18 bits per heavy atom. The van der Waals surface area contributed by atoms with E-state index in [1.54, 1.807) is 20.8 Å². The Morgan fingerprint density at radius 3 is 2.76 bits per heavy atom. The van der Waals surface area contributed by atoms with Crippen LogP contribution in [0.5, 0.6) is 0 Å². The van der Waals surface area contributed by atoms with Gasteiger partial charge in [0.1, 0.15) is 0 Å². The first-order chi connectivity index (χ1) is 8.13. The maximum absolute atomic E-state index is 11.5. The third-order valence-corrected chi connectivity index (χ3v) is 2.20. The molecule has 2 aromatic heterocycles. The van der Waals surface area contributed by atoms with Crippen molar-refractivity contribution >= 4 is 5.97 Å². The van der Waals surface area contributed by atoms with Gasteiger partial charge in [-0.05, 0) is 20.8 Å². The number of hydrogen-bond acceptors (Lipinski definition) is 6. The van der Waals surface area contributed by atoms with Gasteiger partial charge in [0, 0.05) is 0 Å². The van der Waals surface area contributed by atoms with E-state index in [0.717, 1.165) is 0 Å². The summed E-state index contributed by atoms with van der Waals surface area (Å²) >= 11 is 0. The summed E-state index contributed by atoms with van der Waals surface area (Å²) in [6.07, 6.45) is 1.30. The van der Waals surface area contributed by atoms with E-state index < -0.39 is 5.97 Å². The van der Waals surface area contributed by atoms with E-state index in [1.165, 1.54) is 6.39 Å². The molecule has 0 aromatic carbocycles. The normalized spacial score (nSPS) is 10.5. The molecule has 0 saturated carbocycles. The van der Waals surface area contributed by atoms with Gasteiger partial charge in [0.2, 0.25) is 11.5 Å². The zero-order chi connectivity index (χ0) is 12.4. The van der Waals surface area contributed by atoms with Crippen LogP contribution in [0.3, 0.4) is 0 Å². The van der Waals surface area contributed by atoms with E-state index in [0.29, 0.717) is 17.1 Å². The molecular formula is C11H12N2O4. The fourth-order valence-electron chi connectivity index (χ4n) is 1.39. The minimum Gasteiger partial charge on any atom is -0.460 e. The van der Waals surface area contributed by atoms with Gasteiger partial charge in [-0.3, -0.25) is 0 Å². The summed E-state index contributed by atoms with van der Waals surface area (Å²) in [5, 5.41) is 0. The van der Waals surface area contributed by atoms with Crippen LogP contribution in [-0.4, -0.2) is 22.5 Å². The molecule has 0 amide bonds. The monoisotopic (exact) mass is 236 g/mol. The summed E-state index contributed by atoms with van der Waals surface area (Å²) < 4.78 is 15.3. The predicted octanol–water partition coefficient (Wildman–Crippen LogP) is 2.12. The number of oxazole rings is 2. The van der Waals surface area contributed by atoms with Crippen LogP contribution in [0.15, 0.2) is 15.2 Å². The molecule has 90 valence electrons. The Labute approximate surface area is 97.6 Å². The van der Waals surface area contributed by atoms with Gasteiger partial charge in [-0.25, -0.2) is 14.8 Å². The molecule has 17 heavy (non-hydrogen) atoms. The van der Waals surface area contributed by atoms with Gasteiger partial charge in [-0.2, -0.15) is 0 Å². The van der Waals surface area contributed by atoms with Gasteiger partial charge in [0.05, 0.1) is 18.0 Å². The number of rotatable bonds is 3. The van der Waals surface area contributed by atoms with Crippen molar-refractivity contribution in [3.8, 4) is 11.7 Å². The topological polar surface area (TPSA) is 78.4 Å². The lowest BCUT2D eigenvalue weighted by molar-refractivity contribution is 0.0490. The van der Waals surface area contributed by atoms with E-state index >= 15 is 0 Å². The van der Waals surface area contributed by atoms with Crippen molar-refractivity contribution in [1.82, 2.24) is 9.97 Å². The van der Waals surface area contributed by atoms with Crippen LogP contribution in [0.1, 0.15) is 28.9 Å². The highest BCUT2D eigenvalue weighted by molar-refractivity contribution is 5.87. The number of carbonyl (C=O) groups is 1. The molecule has 0 N–H and O–H groups in total. The van der Waals surface area contributed by atoms with E-state index in [2.05, 4.69) is 9.97 Å². The molecule has 0 saturated heterocycles. The Bertz CT molecular complexity index is 541. The highest BCUT2D eigenvalue weighted by Crippen LogP contribution is 2.24. The average molecular weight is 236 g/mol. The Hall–Kier alpha value is -2.11. The summed E-state index contributed by atoms with van der Waals surface area (Å²) in [6.45, 7) is 5.45. The summed E-state index contributed by atoms with van der Waals surface area (Å²) in [7, 11) is 0. The van der Waals surface area contributed by atoms with Gasteiger partial charge in [-0.15, -0.1) is 0 Å². The third kappa shape index (κ3) is 2.06. The van der Waals surface area contributed by atoms with Gasteiger partial charge in [-0.1, -0.05) is 0 Å². The van der Waals surface area contributed by atoms with Gasteiger partial charge in [0.25, 0.3) is 5.89 Å². The summed E-state index contributed by atoms with van der Waals surface area (Å²) in [5.74, 6) is 0.225. The third-order valence-electron chi connectivity index (χ3n) is 2.20. The quantitative estimate of drug-likeness (QED) is 0.759. The highest BCUT2D eigenvalue weighted by Gasteiger charge is 2.21. The summed E-state index contributed by atoms with van der Waals surface area (Å²) in [4.78, 5) is 19.6. The number of nitrogens with zero attached hydrogens (tertiary/aromatic N) is 2. The minimum atomic E-state index is -0.527. The average Bonchev–Trinajstić information content (AvgIpc) is 2.84. The Kier molecular flexibility index (Phi) is 2.95. The first kappa shape index (κ1) is 11.4. The second-order valence-corrected chi connectivity index (χ2v) is 3.42. The second kappa shape index (κ2) is 4.40. The van der Waals surface area contributed by atoms with Crippen LogP contribution >= 0.6 is 0 Å². The van der Waals surface area contributed by atoms with Crippen LogP contribution in [-0.2, 0) is 4.74 Å². The molecule has 0 aliphatic rings. The first-order valence-electron chi connectivity index (χ1n) is 5.18. The molecule has 0 atom stereocenters. The van der Waals surface area contributed by atoms with E-state index in [-0.39, 0.29) is 18.3 Å². The van der Waals surface area contributed by atoms with Crippen LogP contribution in [0.4, 0.5) is 0 Å². The van der Waals surface area contributed by atoms with Gasteiger partial charge >= 0.3 is 5.97 Å². The SMILES string of the molecule is CCOC(=O)c1oc(-c2ocnc2C)nc1C. The molecule has 0 aliphatic carbocycles. The van der Waals surface area contributed by atoms with E-state index in [9.17, 15) is 4.79 Å². The zero-order valence-electron chi connectivity index (χ0n) is 9.81. The molecular weight excluding hydrogens is 224 g/mol. The number of esters is 1. The van der Waals surface area contributed by atoms with Crippen LogP contribution < -0.4 is 0 Å². The van der Waals surface area contributed by atoms with Crippen LogP contribution in [0.2, 0.25) is 0 Å². The van der Waals surface area contributed by atoms with Crippen LogP contribution in [0, 0.1) is 13.8 Å². The van der Waals surface area contributed by atoms with Crippen molar-refractivity contribution in [3.63, 3.8) is 0 Å². The molecule has 2 rings (SSSR count). The lowest BCUT2D eigenvalue weighted by Gasteiger charge is -1.97. The molecule has 0 aliphatic heterocycles. The number of aromatic nitrogens is 2. The maximum atomic E-state index is 11.5. The molecule has 2 heterocycles. The van der Waals surface area contributed by atoms with Crippen molar-refractivity contribution in [1.29, 1.82) is 0 Å². The number of carbonyl (C=O) groups excluding carboxylic acids is 1. The Balaban J connectivity index is 2.37. The number of hydrogen-bond donors (Lipinski definition) is 0. The molecule has 0 fully saturated rings. The van der Waals surface area contributed by atoms with Crippen LogP contribution in [0.25, 0.3) is 11.7 Å².